The Labute approximate surface area is 152 Å². The Balaban J connectivity index is 2.06. The number of benzene rings is 1. The molecule has 1 aromatic carbocycles. The van der Waals surface area contributed by atoms with Gasteiger partial charge in [-0.2, -0.15) is 13.2 Å². The maximum atomic E-state index is 12.8. The van der Waals surface area contributed by atoms with Crippen LogP contribution in [0.2, 0.25) is 0 Å². The lowest BCUT2D eigenvalue weighted by atomic mass is 10.1. The standard InChI is InChI=1S/C16H18F3N3O5/c1-9(10-2-3-10)21(8-16(17,18)19)14(23)7-27-15(24)12-6-11(22(25)26)4-5-13(12)20/h4-6,9-10H,2-3,7-8,20H2,1H3/t9-/m1/s1. The fraction of sp³-hybridized carbons (Fsp3) is 0.500. The lowest BCUT2D eigenvalue weighted by Gasteiger charge is -2.30. The van der Waals surface area contributed by atoms with E-state index in [2.05, 4.69) is 0 Å². The van der Waals surface area contributed by atoms with E-state index in [-0.39, 0.29) is 17.2 Å². The number of alkyl halides is 3. The third kappa shape index (κ3) is 5.56. The summed E-state index contributed by atoms with van der Waals surface area (Å²) in [6.07, 6.45) is -3.13. The third-order valence-corrected chi connectivity index (χ3v) is 4.26. The van der Waals surface area contributed by atoms with E-state index >= 15 is 0 Å². The van der Waals surface area contributed by atoms with Crippen molar-refractivity contribution in [2.45, 2.75) is 32.0 Å². The molecule has 11 heteroatoms. The molecule has 0 aromatic heterocycles. The maximum Gasteiger partial charge on any atom is 0.406 e. The molecule has 1 atom stereocenters. The Hall–Kier alpha value is -2.85. The summed E-state index contributed by atoms with van der Waals surface area (Å²) in [5.74, 6) is -2.14. The topological polar surface area (TPSA) is 116 Å². The molecule has 1 aromatic rings. The van der Waals surface area contributed by atoms with Crippen LogP contribution in [0.25, 0.3) is 0 Å². The highest BCUT2D eigenvalue weighted by Crippen LogP contribution is 2.36. The molecule has 148 valence electrons. The molecule has 0 aliphatic heterocycles. The number of carbonyl (C=O) groups excluding carboxylic acids is 2. The lowest BCUT2D eigenvalue weighted by molar-refractivity contribution is -0.384. The van der Waals surface area contributed by atoms with Crippen LogP contribution >= 0.6 is 0 Å². The molecular weight excluding hydrogens is 371 g/mol. The molecular formula is C16H18F3N3O5. The zero-order valence-corrected chi connectivity index (χ0v) is 14.4. The molecule has 1 aliphatic rings. The Kier molecular flexibility index (Phi) is 5.91. The summed E-state index contributed by atoms with van der Waals surface area (Å²) in [5, 5.41) is 10.8. The van der Waals surface area contributed by atoms with Crippen molar-refractivity contribution in [3.63, 3.8) is 0 Å². The molecule has 1 fully saturated rings. The van der Waals surface area contributed by atoms with Crippen molar-refractivity contribution in [3.8, 4) is 0 Å². The third-order valence-electron chi connectivity index (χ3n) is 4.26. The fourth-order valence-corrected chi connectivity index (χ4v) is 2.61. The van der Waals surface area contributed by atoms with E-state index in [1.165, 1.54) is 6.92 Å². The van der Waals surface area contributed by atoms with Gasteiger partial charge in [0.25, 0.3) is 11.6 Å². The van der Waals surface area contributed by atoms with Crippen molar-refractivity contribution < 1.29 is 32.4 Å². The van der Waals surface area contributed by atoms with Gasteiger partial charge in [-0.3, -0.25) is 14.9 Å². The number of non-ortho nitro benzene ring substituents is 1. The van der Waals surface area contributed by atoms with Crippen LogP contribution in [-0.2, 0) is 9.53 Å². The number of nitrogen functional groups attached to an aromatic ring is 1. The Morgan fingerprint density at radius 3 is 2.56 bits per heavy atom. The number of nitrogens with zero attached hydrogens (tertiary/aromatic N) is 2. The first-order valence-electron chi connectivity index (χ1n) is 8.07. The average Bonchev–Trinajstić information content (AvgIpc) is 3.41. The molecule has 0 spiro atoms. The van der Waals surface area contributed by atoms with E-state index < -0.39 is 47.9 Å². The highest BCUT2D eigenvalue weighted by atomic mass is 19.4. The monoisotopic (exact) mass is 389 g/mol. The van der Waals surface area contributed by atoms with Crippen molar-refractivity contribution >= 4 is 23.3 Å². The van der Waals surface area contributed by atoms with Crippen molar-refractivity contribution in [1.82, 2.24) is 4.90 Å². The molecule has 2 rings (SSSR count). The SMILES string of the molecule is C[C@H](C1CC1)N(CC(F)(F)F)C(=O)COC(=O)c1cc([N+](=O)[O-])ccc1N. The van der Waals surface area contributed by atoms with Gasteiger partial charge in [0, 0.05) is 23.9 Å². The van der Waals surface area contributed by atoms with Gasteiger partial charge in [0.2, 0.25) is 0 Å². The number of amides is 1. The largest absolute Gasteiger partial charge is 0.452 e. The van der Waals surface area contributed by atoms with Gasteiger partial charge in [-0.05, 0) is 31.7 Å². The number of nitro groups is 1. The molecule has 0 unspecified atom stereocenters. The molecule has 2 N–H and O–H groups in total. The number of esters is 1. The number of hydrogen-bond acceptors (Lipinski definition) is 6. The Bertz CT molecular complexity index is 749. The second-order valence-corrected chi connectivity index (χ2v) is 6.32. The summed E-state index contributed by atoms with van der Waals surface area (Å²) in [6, 6.07) is 2.45. The predicted octanol–water partition coefficient (Wildman–Crippen LogP) is 2.52. The average molecular weight is 389 g/mol. The molecule has 27 heavy (non-hydrogen) atoms. The van der Waals surface area contributed by atoms with Crippen LogP contribution in [-0.4, -0.2) is 47.1 Å². The van der Waals surface area contributed by atoms with E-state index in [0.29, 0.717) is 4.90 Å². The summed E-state index contributed by atoms with van der Waals surface area (Å²) in [5.41, 5.74) is 4.70. The van der Waals surface area contributed by atoms with Crippen LogP contribution in [0.1, 0.15) is 30.1 Å². The summed E-state index contributed by atoms with van der Waals surface area (Å²) < 4.78 is 43.0. The summed E-state index contributed by atoms with van der Waals surface area (Å²) in [4.78, 5) is 34.9. The van der Waals surface area contributed by atoms with Crippen molar-refractivity contribution in [2.24, 2.45) is 5.92 Å². The van der Waals surface area contributed by atoms with Gasteiger partial charge in [-0.15, -0.1) is 0 Å². The second kappa shape index (κ2) is 7.80. The fourth-order valence-electron chi connectivity index (χ4n) is 2.61. The molecule has 0 radical (unpaired) electrons. The number of hydrogen-bond donors (Lipinski definition) is 1. The number of halogens is 3. The molecule has 1 amide bonds. The van der Waals surface area contributed by atoms with Crippen LogP contribution in [0.5, 0.6) is 0 Å². The number of nitrogens with two attached hydrogens (primary N) is 1. The smallest absolute Gasteiger partial charge is 0.406 e. The van der Waals surface area contributed by atoms with Gasteiger partial charge < -0.3 is 15.4 Å². The van der Waals surface area contributed by atoms with Crippen LogP contribution < -0.4 is 5.73 Å². The van der Waals surface area contributed by atoms with E-state index in [9.17, 15) is 32.9 Å². The quantitative estimate of drug-likeness (QED) is 0.332. The highest BCUT2D eigenvalue weighted by molar-refractivity contribution is 5.97. The first-order valence-corrected chi connectivity index (χ1v) is 8.07. The number of rotatable bonds is 7. The number of anilines is 1. The lowest BCUT2D eigenvalue weighted by Crippen LogP contribution is -2.47. The molecule has 0 heterocycles. The van der Waals surface area contributed by atoms with Crippen molar-refractivity contribution in [2.75, 3.05) is 18.9 Å². The van der Waals surface area contributed by atoms with E-state index in [1.807, 2.05) is 0 Å². The minimum Gasteiger partial charge on any atom is -0.452 e. The first-order chi connectivity index (χ1) is 12.5. The zero-order chi connectivity index (χ0) is 20.4. The second-order valence-electron chi connectivity index (χ2n) is 6.32. The first kappa shape index (κ1) is 20.5. The van der Waals surface area contributed by atoms with E-state index in [4.69, 9.17) is 10.5 Å². The molecule has 8 nitrogen and oxygen atoms in total. The van der Waals surface area contributed by atoms with Gasteiger partial charge in [0.15, 0.2) is 6.61 Å². The van der Waals surface area contributed by atoms with Gasteiger partial charge in [0.1, 0.15) is 6.54 Å². The van der Waals surface area contributed by atoms with Crippen molar-refractivity contribution in [1.29, 1.82) is 0 Å². The van der Waals surface area contributed by atoms with E-state index in [1.54, 1.807) is 0 Å². The highest BCUT2D eigenvalue weighted by Gasteiger charge is 2.40. The molecule has 0 bridgehead atoms. The van der Waals surface area contributed by atoms with Crippen LogP contribution in [0, 0.1) is 16.0 Å². The summed E-state index contributed by atoms with van der Waals surface area (Å²) in [7, 11) is 0. The van der Waals surface area contributed by atoms with Crippen molar-refractivity contribution in [3.05, 3.63) is 33.9 Å². The van der Waals surface area contributed by atoms with Gasteiger partial charge in [-0.25, -0.2) is 4.79 Å². The molecule has 1 saturated carbocycles. The number of carbonyl (C=O) groups is 2. The van der Waals surface area contributed by atoms with E-state index in [0.717, 1.165) is 31.0 Å². The van der Waals surface area contributed by atoms with Crippen LogP contribution in [0.15, 0.2) is 18.2 Å². The normalized spacial score (nSPS) is 15.1. The minimum absolute atomic E-state index is 0.0144. The summed E-state index contributed by atoms with van der Waals surface area (Å²) in [6.45, 7) is -0.851. The maximum absolute atomic E-state index is 12.8. The minimum atomic E-state index is -4.59. The Morgan fingerprint density at radius 2 is 2.04 bits per heavy atom. The number of nitro benzene ring substituents is 1. The summed E-state index contributed by atoms with van der Waals surface area (Å²) >= 11 is 0. The van der Waals surface area contributed by atoms with Gasteiger partial charge >= 0.3 is 12.1 Å². The molecule has 0 saturated heterocycles. The predicted molar refractivity (Wildman–Crippen MR) is 87.7 cm³/mol. The zero-order valence-electron chi connectivity index (χ0n) is 14.4. The number of ether oxygens (including phenoxy) is 1. The van der Waals surface area contributed by atoms with Gasteiger partial charge in [-0.1, -0.05) is 0 Å². The van der Waals surface area contributed by atoms with Gasteiger partial charge in [0.05, 0.1) is 10.5 Å². The molecule has 1 aliphatic carbocycles. The van der Waals surface area contributed by atoms with Crippen LogP contribution in [0.3, 0.4) is 0 Å². The Morgan fingerprint density at radius 1 is 1.41 bits per heavy atom. The van der Waals surface area contributed by atoms with Crippen LogP contribution in [0.4, 0.5) is 24.5 Å².